The minimum absolute atomic E-state index is 0.0330. The van der Waals surface area contributed by atoms with Crippen molar-refractivity contribution in [2.24, 2.45) is 0 Å². The fraction of sp³-hybridized carbons (Fsp3) is 0.417. The highest BCUT2D eigenvalue weighted by atomic mass is 16.2. The Kier molecular flexibility index (Phi) is 6.64. The topological polar surface area (TPSA) is 64.7 Å². The molecule has 2 fully saturated rings. The first-order valence-corrected chi connectivity index (χ1v) is 10.9. The van der Waals surface area contributed by atoms with Gasteiger partial charge in [0.15, 0.2) is 0 Å². The van der Waals surface area contributed by atoms with Crippen molar-refractivity contribution in [2.75, 3.05) is 31.5 Å². The van der Waals surface area contributed by atoms with E-state index in [1.165, 1.54) is 18.4 Å². The van der Waals surface area contributed by atoms with Crippen LogP contribution in [0, 0.1) is 0 Å². The van der Waals surface area contributed by atoms with Gasteiger partial charge in [0.05, 0.1) is 0 Å². The molecule has 0 radical (unpaired) electrons. The molecule has 0 spiro atoms. The summed E-state index contributed by atoms with van der Waals surface area (Å²) in [5, 5.41) is 6.04. The maximum Gasteiger partial charge on any atom is 0.321 e. The molecule has 0 atom stereocenters. The Bertz CT molecular complexity index is 839. The summed E-state index contributed by atoms with van der Waals surface area (Å²) >= 11 is 0. The van der Waals surface area contributed by atoms with Gasteiger partial charge in [-0.05, 0) is 42.7 Å². The molecule has 6 heteroatoms. The molecule has 2 aromatic carbocycles. The molecular formula is C24H30N4O2. The molecule has 3 amide bonds. The van der Waals surface area contributed by atoms with Gasteiger partial charge in [0.2, 0.25) is 0 Å². The Labute approximate surface area is 178 Å². The van der Waals surface area contributed by atoms with Crippen LogP contribution in [-0.4, -0.2) is 54.0 Å². The van der Waals surface area contributed by atoms with E-state index in [2.05, 4.69) is 39.8 Å². The van der Waals surface area contributed by atoms with Gasteiger partial charge in [-0.2, -0.15) is 0 Å². The molecule has 30 heavy (non-hydrogen) atoms. The average molecular weight is 407 g/mol. The lowest BCUT2D eigenvalue weighted by Gasteiger charge is -2.34. The standard InChI is InChI=1S/C24H30N4O2/c29-23(25-21-8-4-5-9-21)20-10-12-22(13-11-20)26-24(30)28-16-14-27(15-17-28)18-19-6-2-1-3-7-19/h1-3,6-7,10-13,21H,4-5,8-9,14-18H2,(H,25,29)(H,26,30). The number of benzene rings is 2. The Hall–Kier alpha value is -2.86. The summed E-state index contributed by atoms with van der Waals surface area (Å²) in [5.41, 5.74) is 2.64. The molecule has 0 unspecified atom stereocenters. The Morgan fingerprint density at radius 2 is 1.53 bits per heavy atom. The third-order valence-corrected chi connectivity index (χ3v) is 6.00. The summed E-state index contributed by atoms with van der Waals surface area (Å²) in [5.74, 6) is -0.0330. The Balaban J connectivity index is 1.23. The number of hydrogen-bond acceptors (Lipinski definition) is 3. The van der Waals surface area contributed by atoms with Crippen molar-refractivity contribution in [1.29, 1.82) is 0 Å². The summed E-state index contributed by atoms with van der Waals surface area (Å²) in [7, 11) is 0. The minimum Gasteiger partial charge on any atom is -0.349 e. The van der Waals surface area contributed by atoms with E-state index in [9.17, 15) is 9.59 Å². The van der Waals surface area contributed by atoms with Gasteiger partial charge in [0.1, 0.15) is 0 Å². The summed E-state index contributed by atoms with van der Waals surface area (Å²) in [6.45, 7) is 4.06. The smallest absolute Gasteiger partial charge is 0.321 e. The normalized spacial score (nSPS) is 17.7. The van der Waals surface area contributed by atoms with Gasteiger partial charge in [-0.15, -0.1) is 0 Å². The molecule has 0 aromatic heterocycles. The fourth-order valence-electron chi connectivity index (χ4n) is 4.20. The van der Waals surface area contributed by atoms with E-state index in [1.54, 1.807) is 24.3 Å². The van der Waals surface area contributed by atoms with E-state index in [1.807, 2.05) is 11.0 Å². The number of carbonyl (C=O) groups excluding carboxylic acids is 2. The molecule has 1 aliphatic heterocycles. The lowest BCUT2D eigenvalue weighted by Crippen LogP contribution is -2.49. The second-order valence-electron chi connectivity index (χ2n) is 8.21. The fourth-order valence-corrected chi connectivity index (χ4v) is 4.20. The molecule has 1 aliphatic carbocycles. The summed E-state index contributed by atoms with van der Waals surface area (Å²) in [6, 6.07) is 17.8. The highest BCUT2D eigenvalue weighted by Gasteiger charge is 2.21. The van der Waals surface area contributed by atoms with Crippen molar-refractivity contribution in [3.8, 4) is 0 Å². The van der Waals surface area contributed by atoms with Crippen LogP contribution in [0.5, 0.6) is 0 Å². The van der Waals surface area contributed by atoms with Crippen LogP contribution in [0.4, 0.5) is 10.5 Å². The monoisotopic (exact) mass is 406 g/mol. The van der Waals surface area contributed by atoms with E-state index in [-0.39, 0.29) is 11.9 Å². The van der Waals surface area contributed by atoms with Gasteiger partial charge >= 0.3 is 6.03 Å². The first-order valence-electron chi connectivity index (χ1n) is 10.9. The van der Waals surface area contributed by atoms with Crippen molar-refractivity contribution in [3.63, 3.8) is 0 Å². The molecule has 158 valence electrons. The maximum absolute atomic E-state index is 12.6. The third kappa shape index (κ3) is 5.39. The van der Waals surface area contributed by atoms with Crippen LogP contribution in [0.3, 0.4) is 0 Å². The molecule has 1 saturated carbocycles. The van der Waals surface area contributed by atoms with Crippen LogP contribution in [0.1, 0.15) is 41.6 Å². The van der Waals surface area contributed by atoms with Crippen LogP contribution < -0.4 is 10.6 Å². The second kappa shape index (κ2) is 9.76. The number of anilines is 1. The zero-order valence-corrected chi connectivity index (χ0v) is 17.3. The quantitative estimate of drug-likeness (QED) is 0.796. The lowest BCUT2D eigenvalue weighted by atomic mass is 10.1. The van der Waals surface area contributed by atoms with Crippen LogP contribution in [0.2, 0.25) is 0 Å². The summed E-state index contributed by atoms with van der Waals surface area (Å²) in [6.07, 6.45) is 4.52. The molecule has 2 aliphatic rings. The number of piperazine rings is 1. The van der Waals surface area contributed by atoms with Crippen molar-refractivity contribution in [1.82, 2.24) is 15.1 Å². The van der Waals surface area contributed by atoms with E-state index < -0.39 is 0 Å². The number of carbonyl (C=O) groups is 2. The van der Waals surface area contributed by atoms with Gasteiger partial charge < -0.3 is 15.5 Å². The second-order valence-corrected chi connectivity index (χ2v) is 8.21. The molecule has 4 rings (SSSR count). The zero-order valence-electron chi connectivity index (χ0n) is 17.3. The van der Waals surface area contributed by atoms with E-state index >= 15 is 0 Å². The van der Waals surface area contributed by atoms with E-state index in [4.69, 9.17) is 0 Å². The molecular weight excluding hydrogens is 376 g/mol. The van der Waals surface area contributed by atoms with Gasteiger partial charge in [0.25, 0.3) is 5.91 Å². The lowest BCUT2D eigenvalue weighted by molar-refractivity contribution is 0.0938. The van der Waals surface area contributed by atoms with Crippen LogP contribution in [0.15, 0.2) is 54.6 Å². The van der Waals surface area contributed by atoms with Crippen LogP contribution in [-0.2, 0) is 6.54 Å². The Morgan fingerprint density at radius 1 is 0.867 bits per heavy atom. The van der Waals surface area contributed by atoms with Gasteiger partial charge in [-0.1, -0.05) is 43.2 Å². The SMILES string of the molecule is O=C(NC1CCCC1)c1ccc(NC(=O)N2CCN(Cc3ccccc3)CC2)cc1. The van der Waals surface area contributed by atoms with Crippen molar-refractivity contribution in [2.45, 2.75) is 38.3 Å². The zero-order chi connectivity index (χ0) is 20.8. The number of hydrogen-bond donors (Lipinski definition) is 2. The predicted octanol–water partition coefficient (Wildman–Crippen LogP) is 3.71. The largest absolute Gasteiger partial charge is 0.349 e. The molecule has 2 aromatic rings. The molecule has 0 bridgehead atoms. The van der Waals surface area contributed by atoms with Crippen molar-refractivity contribution >= 4 is 17.6 Å². The molecule has 2 N–H and O–H groups in total. The highest BCUT2D eigenvalue weighted by molar-refractivity contribution is 5.95. The molecule has 6 nitrogen and oxygen atoms in total. The third-order valence-electron chi connectivity index (χ3n) is 6.00. The van der Waals surface area contributed by atoms with Crippen LogP contribution >= 0.6 is 0 Å². The predicted molar refractivity (Wildman–Crippen MR) is 118 cm³/mol. The van der Waals surface area contributed by atoms with Gasteiger partial charge in [0, 0.05) is 50.0 Å². The highest BCUT2D eigenvalue weighted by Crippen LogP contribution is 2.19. The van der Waals surface area contributed by atoms with E-state index in [0.717, 1.165) is 32.5 Å². The van der Waals surface area contributed by atoms with Crippen LogP contribution in [0.25, 0.3) is 0 Å². The van der Waals surface area contributed by atoms with E-state index in [0.29, 0.717) is 30.4 Å². The minimum atomic E-state index is -0.0856. The van der Waals surface area contributed by atoms with Gasteiger partial charge in [-0.3, -0.25) is 9.69 Å². The number of nitrogens with one attached hydrogen (secondary N) is 2. The van der Waals surface area contributed by atoms with Crippen molar-refractivity contribution < 1.29 is 9.59 Å². The number of urea groups is 1. The first-order chi connectivity index (χ1) is 14.7. The first kappa shape index (κ1) is 20.4. The van der Waals surface area contributed by atoms with Crippen molar-refractivity contribution in [3.05, 3.63) is 65.7 Å². The summed E-state index contributed by atoms with van der Waals surface area (Å²) in [4.78, 5) is 29.2. The van der Waals surface area contributed by atoms with Gasteiger partial charge in [-0.25, -0.2) is 4.79 Å². The number of rotatable bonds is 5. The molecule has 1 saturated heterocycles. The number of nitrogens with zero attached hydrogens (tertiary/aromatic N) is 2. The maximum atomic E-state index is 12.6. The average Bonchev–Trinajstić information content (AvgIpc) is 3.28. The Morgan fingerprint density at radius 3 is 2.20 bits per heavy atom. The summed E-state index contributed by atoms with van der Waals surface area (Å²) < 4.78 is 0. The molecule has 1 heterocycles. The number of amides is 3.